The Bertz CT molecular complexity index is 3070. The van der Waals surface area contributed by atoms with E-state index in [2.05, 4.69) is 108 Å². The fourth-order valence-corrected chi connectivity index (χ4v) is 7.53. The lowest BCUT2D eigenvalue weighted by Gasteiger charge is -2.11. The van der Waals surface area contributed by atoms with Gasteiger partial charge in [-0.25, -0.2) is 4.98 Å². The molecule has 0 spiro atoms. The van der Waals surface area contributed by atoms with Crippen molar-refractivity contribution < 1.29 is 8.83 Å². The van der Waals surface area contributed by atoms with Crippen molar-refractivity contribution in [2.75, 3.05) is 0 Å². The molecule has 0 aliphatic rings. The lowest BCUT2D eigenvalue weighted by molar-refractivity contribution is 0.651. The Kier molecular flexibility index (Phi) is 4.78. The summed E-state index contributed by atoms with van der Waals surface area (Å²) in [5.74, 6) is 0.550. The van der Waals surface area contributed by atoms with Crippen LogP contribution in [0.25, 0.3) is 105 Å². The van der Waals surface area contributed by atoms with Crippen LogP contribution in [0.1, 0.15) is 0 Å². The van der Waals surface area contributed by atoms with Gasteiger partial charge in [-0.1, -0.05) is 109 Å². The SMILES string of the molecule is c1ccc(-c2nc(-n3c4c5ccccc5ccc4c4ccc5oc6cc7ccccc7cc6c5c43)nc3oc4ccccc4c23)cc1. The van der Waals surface area contributed by atoms with E-state index in [4.69, 9.17) is 18.8 Å². The number of para-hydroxylation sites is 1. The Morgan fingerprint density at radius 2 is 1.13 bits per heavy atom. The van der Waals surface area contributed by atoms with E-state index in [1.807, 2.05) is 36.4 Å². The van der Waals surface area contributed by atoms with Crippen LogP contribution in [-0.4, -0.2) is 14.5 Å². The third-order valence-electron chi connectivity index (χ3n) is 9.59. The summed E-state index contributed by atoms with van der Waals surface area (Å²) in [6.45, 7) is 0. The molecule has 0 radical (unpaired) electrons. The molecule has 4 aromatic heterocycles. The lowest BCUT2D eigenvalue weighted by Crippen LogP contribution is -2.03. The maximum Gasteiger partial charge on any atom is 0.238 e. The molecule has 47 heavy (non-hydrogen) atoms. The average molecular weight is 602 g/mol. The predicted octanol–water partition coefficient (Wildman–Crippen LogP) is 11.3. The smallest absolute Gasteiger partial charge is 0.238 e. The fourth-order valence-electron chi connectivity index (χ4n) is 7.53. The van der Waals surface area contributed by atoms with Crippen LogP contribution in [0.15, 0.2) is 148 Å². The highest BCUT2D eigenvalue weighted by Crippen LogP contribution is 2.44. The zero-order valence-electron chi connectivity index (χ0n) is 24.9. The Morgan fingerprint density at radius 3 is 2.00 bits per heavy atom. The Balaban J connectivity index is 1.38. The second-order valence-corrected chi connectivity index (χ2v) is 12.2. The van der Waals surface area contributed by atoms with Crippen molar-refractivity contribution in [2.24, 2.45) is 0 Å². The number of hydrogen-bond acceptors (Lipinski definition) is 4. The van der Waals surface area contributed by atoms with Gasteiger partial charge in [-0.05, 0) is 46.5 Å². The molecule has 0 unspecified atom stereocenters. The Labute approximate surface area is 266 Å². The van der Waals surface area contributed by atoms with Gasteiger partial charge in [0.2, 0.25) is 11.7 Å². The molecule has 218 valence electrons. The highest BCUT2D eigenvalue weighted by atomic mass is 16.3. The van der Waals surface area contributed by atoms with Crippen LogP contribution in [0.3, 0.4) is 0 Å². The topological polar surface area (TPSA) is 57.0 Å². The molecule has 0 atom stereocenters. The zero-order valence-corrected chi connectivity index (χ0v) is 24.9. The molecule has 0 aliphatic heterocycles. The van der Waals surface area contributed by atoms with Crippen LogP contribution in [0.4, 0.5) is 0 Å². The molecule has 11 aromatic rings. The van der Waals surface area contributed by atoms with Crippen LogP contribution in [0.2, 0.25) is 0 Å². The molecule has 0 saturated heterocycles. The van der Waals surface area contributed by atoms with Gasteiger partial charge in [0.05, 0.1) is 27.5 Å². The van der Waals surface area contributed by atoms with Crippen molar-refractivity contribution in [3.05, 3.63) is 140 Å². The minimum absolute atomic E-state index is 0.550. The van der Waals surface area contributed by atoms with Crippen molar-refractivity contribution in [1.82, 2.24) is 14.5 Å². The summed E-state index contributed by atoms with van der Waals surface area (Å²) in [6, 6.07) is 48.4. The van der Waals surface area contributed by atoms with Crippen LogP contribution in [0, 0.1) is 0 Å². The average Bonchev–Trinajstić information content (AvgIpc) is 3.79. The normalized spacial score (nSPS) is 12.3. The van der Waals surface area contributed by atoms with Crippen molar-refractivity contribution in [1.29, 1.82) is 0 Å². The molecule has 0 fully saturated rings. The van der Waals surface area contributed by atoms with Gasteiger partial charge in [0, 0.05) is 32.5 Å². The molecular formula is C42H23N3O2. The molecular weight excluding hydrogens is 578 g/mol. The fraction of sp³-hybridized carbons (Fsp3) is 0. The van der Waals surface area contributed by atoms with Crippen LogP contribution in [0.5, 0.6) is 0 Å². The molecule has 0 amide bonds. The van der Waals surface area contributed by atoms with Gasteiger partial charge in [-0.3, -0.25) is 4.57 Å². The van der Waals surface area contributed by atoms with E-state index in [-0.39, 0.29) is 0 Å². The third kappa shape index (κ3) is 3.37. The third-order valence-corrected chi connectivity index (χ3v) is 9.59. The summed E-state index contributed by atoms with van der Waals surface area (Å²) in [5.41, 5.74) is 6.92. The summed E-state index contributed by atoms with van der Waals surface area (Å²) >= 11 is 0. The summed E-state index contributed by atoms with van der Waals surface area (Å²) in [5, 5.41) is 10.8. The van der Waals surface area contributed by atoms with Crippen LogP contribution >= 0.6 is 0 Å². The van der Waals surface area contributed by atoms with Gasteiger partial charge in [-0.2, -0.15) is 4.98 Å². The zero-order chi connectivity index (χ0) is 30.6. The summed E-state index contributed by atoms with van der Waals surface area (Å²) in [4.78, 5) is 10.6. The monoisotopic (exact) mass is 601 g/mol. The molecule has 4 heterocycles. The number of aromatic nitrogens is 3. The number of furan rings is 2. The Morgan fingerprint density at radius 1 is 0.426 bits per heavy atom. The van der Waals surface area contributed by atoms with E-state index in [9.17, 15) is 0 Å². The quantitative estimate of drug-likeness (QED) is 0.198. The number of hydrogen-bond donors (Lipinski definition) is 0. The van der Waals surface area contributed by atoms with Gasteiger partial charge < -0.3 is 8.83 Å². The summed E-state index contributed by atoms with van der Waals surface area (Å²) < 4.78 is 15.3. The first kappa shape index (κ1) is 24.8. The lowest BCUT2D eigenvalue weighted by atomic mass is 10.0. The predicted molar refractivity (Wildman–Crippen MR) is 191 cm³/mol. The number of fused-ring (bicyclic) bond motifs is 13. The van der Waals surface area contributed by atoms with Crippen molar-refractivity contribution in [3.63, 3.8) is 0 Å². The van der Waals surface area contributed by atoms with Crippen molar-refractivity contribution in [3.8, 4) is 17.2 Å². The number of nitrogens with zero attached hydrogens (tertiary/aromatic N) is 3. The van der Waals surface area contributed by atoms with Crippen molar-refractivity contribution in [2.45, 2.75) is 0 Å². The van der Waals surface area contributed by atoms with Gasteiger partial charge in [0.25, 0.3) is 0 Å². The molecule has 5 nitrogen and oxygen atoms in total. The molecule has 0 bridgehead atoms. The largest absolute Gasteiger partial charge is 0.456 e. The minimum Gasteiger partial charge on any atom is -0.456 e. The first-order valence-corrected chi connectivity index (χ1v) is 15.8. The van der Waals surface area contributed by atoms with Crippen LogP contribution in [-0.2, 0) is 0 Å². The molecule has 0 aliphatic carbocycles. The standard InChI is InChI=1S/C42H23N3O2/c1-2-11-25(12-3-1)38-37-31-16-8-9-17-33(31)47-41(37)44-42(43-38)45-39-28-15-7-6-10-24(28)18-19-29(39)30-20-21-34-36(40(30)45)32-22-26-13-4-5-14-27(26)23-35(32)46-34/h1-23H. The van der Waals surface area contributed by atoms with E-state index < -0.39 is 0 Å². The van der Waals surface area contributed by atoms with E-state index in [1.165, 1.54) is 5.39 Å². The van der Waals surface area contributed by atoms with Gasteiger partial charge in [-0.15, -0.1) is 0 Å². The van der Waals surface area contributed by atoms with Gasteiger partial charge >= 0.3 is 0 Å². The summed E-state index contributed by atoms with van der Waals surface area (Å²) in [6.07, 6.45) is 0. The Hall–Kier alpha value is -6.46. The summed E-state index contributed by atoms with van der Waals surface area (Å²) in [7, 11) is 0. The second-order valence-electron chi connectivity index (χ2n) is 12.2. The molecule has 0 N–H and O–H groups in total. The van der Waals surface area contributed by atoms with Gasteiger partial charge in [0.1, 0.15) is 16.7 Å². The number of benzene rings is 7. The van der Waals surface area contributed by atoms with E-state index in [1.54, 1.807) is 0 Å². The van der Waals surface area contributed by atoms with E-state index in [0.717, 1.165) is 87.5 Å². The first-order valence-electron chi connectivity index (χ1n) is 15.8. The highest BCUT2D eigenvalue weighted by Gasteiger charge is 2.24. The first-order chi connectivity index (χ1) is 23.3. The second kappa shape index (κ2) is 9.05. The maximum atomic E-state index is 6.57. The van der Waals surface area contributed by atoms with Gasteiger partial charge in [0.15, 0.2) is 0 Å². The highest BCUT2D eigenvalue weighted by molar-refractivity contribution is 6.28. The van der Waals surface area contributed by atoms with Crippen LogP contribution < -0.4 is 0 Å². The van der Waals surface area contributed by atoms with E-state index in [0.29, 0.717) is 11.7 Å². The molecule has 0 saturated carbocycles. The number of rotatable bonds is 2. The maximum absolute atomic E-state index is 6.57. The molecule has 7 aromatic carbocycles. The molecule has 11 rings (SSSR count). The van der Waals surface area contributed by atoms with E-state index >= 15 is 0 Å². The minimum atomic E-state index is 0.550. The molecule has 5 heteroatoms. The van der Waals surface area contributed by atoms with Crippen molar-refractivity contribution >= 4 is 87.4 Å².